The SMILES string of the molecule is Cc1ccccc1-c1ccccc1CC1(C(N)=O)CCN(C(=O)C2CCCCC2)CC1. The van der Waals surface area contributed by atoms with Crippen LogP contribution >= 0.6 is 0 Å². The maximum absolute atomic E-state index is 13.0. The number of carbonyl (C=O) groups excluding carboxylic acids is 2. The molecule has 4 rings (SSSR count). The summed E-state index contributed by atoms with van der Waals surface area (Å²) >= 11 is 0. The first-order valence-electron chi connectivity index (χ1n) is 11.7. The molecule has 1 saturated carbocycles. The van der Waals surface area contributed by atoms with E-state index in [2.05, 4.69) is 37.3 Å². The van der Waals surface area contributed by atoms with E-state index in [1.165, 1.54) is 23.1 Å². The second-order valence-corrected chi connectivity index (χ2v) is 9.45. The Kier molecular flexibility index (Phi) is 6.45. The second-order valence-electron chi connectivity index (χ2n) is 9.45. The van der Waals surface area contributed by atoms with E-state index in [9.17, 15) is 9.59 Å². The molecule has 1 aliphatic carbocycles. The Bertz CT molecular complexity index is 938. The average Bonchev–Trinajstić information content (AvgIpc) is 2.80. The van der Waals surface area contributed by atoms with Crippen LogP contribution in [0.1, 0.15) is 56.1 Å². The average molecular weight is 419 g/mol. The quantitative estimate of drug-likeness (QED) is 0.752. The molecule has 0 atom stereocenters. The summed E-state index contributed by atoms with van der Waals surface area (Å²) in [4.78, 5) is 27.7. The molecule has 4 heteroatoms. The van der Waals surface area contributed by atoms with Crippen molar-refractivity contribution in [3.8, 4) is 11.1 Å². The number of hydrogen-bond acceptors (Lipinski definition) is 2. The first kappa shape index (κ1) is 21.6. The van der Waals surface area contributed by atoms with E-state index in [-0.39, 0.29) is 17.7 Å². The van der Waals surface area contributed by atoms with E-state index in [1.807, 2.05) is 23.1 Å². The molecule has 0 aromatic heterocycles. The topological polar surface area (TPSA) is 63.4 Å². The monoisotopic (exact) mass is 418 g/mol. The molecular formula is C27H34N2O2. The summed E-state index contributed by atoms with van der Waals surface area (Å²) < 4.78 is 0. The van der Waals surface area contributed by atoms with Gasteiger partial charge in [0.15, 0.2) is 0 Å². The third-order valence-corrected chi connectivity index (χ3v) is 7.49. The van der Waals surface area contributed by atoms with E-state index >= 15 is 0 Å². The van der Waals surface area contributed by atoms with Crippen LogP contribution < -0.4 is 5.73 Å². The molecule has 2 aromatic rings. The predicted octanol–water partition coefficient (Wildman–Crippen LogP) is 4.88. The van der Waals surface area contributed by atoms with Gasteiger partial charge < -0.3 is 10.6 Å². The summed E-state index contributed by atoms with van der Waals surface area (Å²) in [6.07, 6.45) is 7.50. The summed E-state index contributed by atoms with van der Waals surface area (Å²) in [6.45, 7) is 3.38. The number of primary amides is 1. The lowest BCUT2D eigenvalue weighted by Gasteiger charge is -2.41. The Morgan fingerprint density at radius 2 is 1.55 bits per heavy atom. The first-order valence-corrected chi connectivity index (χ1v) is 11.7. The number of nitrogens with two attached hydrogens (primary N) is 1. The molecule has 164 valence electrons. The summed E-state index contributed by atoms with van der Waals surface area (Å²) in [6, 6.07) is 16.7. The number of likely N-dealkylation sites (tertiary alicyclic amines) is 1. The highest BCUT2D eigenvalue weighted by Crippen LogP contribution is 2.39. The zero-order valence-corrected chi connectivity index (χ0v) is 18.6. The number of aryl methyl sites for hydroxylation is 1. The van der Waals surface area contributed by atoms with Crippen LogP contribution in [0.2, 0.25) is 0 Å². The van der Waals surface area contributed by atoms with Crippen LogP contribution in [-0.2, 0) is 16.0 Å². The van der Waals surface area contributed by atoms with Gasteiger partial charge in [0.1, 0.15) is 0 Å². The highest BCUT2D eigenvalue weighted by atomic mass is 16.2. The van der Waals surface area contributed by atoms with Crippen molar-refractivity contribution in [2.24, 2.45) is 17.1 Å². The normalized spacial score (nSPS) is 19.2. The van der Waals surface area contributed by atoms with Crippen molar-refractivity contribution in [1.29, 1.82) is 0 Å². The Hall–Kier alpha value is -2.62. The molecule has 2 fully saturated rings. The minimum atomic E-state index is -0.595. The molecule has 1 saturated heterocycles. The number of amides is 2. The van der Waals surface area contributed by atoms with E-state index in [0.29, 0.717) is 32.4 Å². The number of benzene rings is 2. The van der Waals surface area contributed by atoms with Crippen LogP contribution in [0.4, 0.5) is 0 Å². The van der Waals surface area contributed by atoms with Crippen molar-refractivity contribution in [2.45, 2.75) is 58.3 Å². The zero-order chi connectivity index (χ0) is 21.8. The van der Waals surface area contributed by atoms with E-state index < -0.39 is 5.41 Å². The summed E-state index contributed by atoms with van der Waals surface area (Å²) in [5.41, 5.74) is 10.1. The van der Waals surface area contributed by atoms with E-state index in [1.54, 1.807) is 0 Å². The van der Waals surface area contributed by atoms with Crippen molar-refractivity contribution in [1.82, 2.24) is 4.90 Å². The van der Waals surface area contributed by atoms with E-state index in [0.717, 1.165) is 31.2 Å². The maximum atomic E-state index is 13.0. The smallest absolute Gasteiger partial charge is 0.225 e. The Morgan fingerprint density at radius 3 is 2.19 bits per heavy atom. The number of hydrogen-bond donors (Lipinski definition) is 1. The molecule has 0 unspecified atom stereocenters. The summed E-state index contributed by atoms with van der Waals surface area (Å²) in [5.74, 6) is 0.228. The molecule has 1 heterocycles. The molecule has 0 radical (unpaired) electrons. The van der Waals surface area contributed by atoms with Gasteiger partial charge in [0.2, 0.25) is 11.8 Å². The first-order chi connectivity index (χ1) is 15.0. The fourth-order valence-electron chi connectivity index (χ4n) is 5.45. The molecule has 2 amide bonds. The maximum Gasteiger partial charge on any atom is 0.225 e. The van der Waals surface area contributed by atoms with Gasteiger partial charge in [-0.15, -0.1) is 0 Å². The molecule has 2 N–H and O–H groups in total. The number of carbonyl (C=O) groups is 2. The number of nitrogens with zero attached hydrogens (tertiary/aromatic N) is 1. The molecule has 0 bridgehead atoms. The van der Waals surface area contributed by atoms with Gasteiger partial charge in [0, 0.05) is 19.0 Å². The Balaban J connectivity index is 1.53. The van der Waals surface area contributed by atoms with Gasteiger partial charge in [0.25, 0.3) is 0 Å². The molecule has 2 aliphatic rings. The molecule has 2 aromatic carbocycles. The molecular weight excluding hydrogens is 384 g/mol. The highest BCUT2D eigenvalue weighted by molar-refractivity contribution is 5.83. The fourth-order valence-corrected chi connectivity index (χ4v) is 5.45. The van der Waals surface area contributed by atoms with Crippen LogP contribution in [0, 0.1) is 18.3 Å². The Morgan fingerprint density at radius 1 is 0.935 bits per heavy atom. The van der Waals surface area contributed by atoms with Crippen LogP contribution in [-0.4, -0.2) is 29.8 Å². The van der Waals surface area contributed by atoms with Gasteiger partial charge >= 0.3 is 0 Å². The van der Waals surface area contributed by atoms with Crippen LogP contribution in [0.5, 0.6) is 0 Å². The predicted molar refractivity (Wildman–Crippen MR) is 124 cm³/mol. The third-order valence-electron chi connectivity index (χ3n) is 7.49. The van der Waals surface area contributed by atoms with Gasteiger partial charge in [-0.2, -0.15) is 0 Å². The lowest BCUT2D eigenvalue weighted by Crippen LogP contribution is -2.51. The van der Waals surface area contributed by atoms with Gasteiger partial charge in [-0.3, -0.25) is 9.59 Å². The van der Waals surface area contributed by atoms with Crippen molar-refractivity contribution in [2.75, 3.05) is 13.1 Å². The molecule has 0 spiro atoms. The number of rotatable bonds is 5. The Labute approximate surface area is 185 Å². The van der Waals surface area contributed by atoms with Crippen LogP contribution in [0.25, 0.3) is 11.1 Å². The molecule has 1 aliphatic heterocycles. The van der Waals surface area contributed by atoms with Crippen molar-refractivity contribution < 1.29 is 9.59 Å². The van der Waals surface area contributed by atoms with Crippen LogP contribution in [0.15, 0.2) is 48.5 Å². The summed E-state index contributed by atoms with van der Waals surface area (Å²) in [7, 11) is 0. The van der Waals surface area contributed by atoms with E-state index in [4.69, 9.17) is 5.73 Å². The number of piperidine rings is 1. The minimum absolute atomic E-state index is 0.177. The lowest BCUT2D eigenvalue weighted by molar-refractivity contribution is -0.142. The zero-order valence-electron chi connectivity index (χ0n) is 18.6. The minimum Gasteiger partial charge on any atom is -0.369 e. The van der Waals surface area contributed by atoms with Crippen molar-refractivity contribution >= 4 is 11.8 Å². The lowest BCUT2D eigenvalue weighted by atomic mass is 9.72. The van der Waals surface area contributed by atoms with Gasteiger partial charge in [-0.1, -0.05) is 67.8 Å². The van der Waals surface area contributed by atoms with Gasteiger partial charge in [-0.25, -0.2) is 0 Å². The largest absolute Gasteiger partial charge is 0.369 e. The molecule has 31 heavy (non-hydrogen) atoms. The van der Waals surface area contributed by atoms with Crippen molar-refractivity contribution in [3.05, 3.63) is 59.7 Å². The van der Waals surface area contributed by atoms with Gasteiger partial charge in [0.05, 0.1) is 5.41 Å². The standard InChI is InChI=1S/C27H34N2O2/c1-20-9-5-7-13-23(20)24-14-8-6-12-22(24)19-27(26(28)31)15-17-29(18-16-27)25(30)21-10-3-2-4-11-21/h5-9,12-14,21H,2-4,10-11,15-19H2,1H3,(H2,28,31). The molecule has 4 nitrogen and oxygen atoms in total. The third kappa shape index (κ3) is 4.53. The highest BCUT2D eigenvalue weighted by Gasteiger charge is 2.42. The second kappa shape index (κ2) is 9.25. The van der Waals surface area contributed by atoms with Crippen LogP contribution in [0.3, 0.4) is 0 Å². The van der Waals surface area contributed by atoms with Crippen molar-refractivity contribution in [3.63, 3.8) is 0 Å². The van der Waals surface area contributed by atoms with Gasteiger partial charge in [-0.05, 0) is 61.3 Å². The summed E-state index contributed by atoms with van der Waals surface area (Å²) in [5, 5.41) is 0. The fraction of sp³-hybridized carbons (Fsp3) is 0.481.